The number of hydrogen-bond donors (Lipinski definition) is 1. The SMILES string of the molecule is CC(=O)OC[C@H]1O[C@@H](SC[C@H](NC(=O)OCc2ccccc2)C(=O)OCc2ccccc2)[C@H](OC(C)=O)[C@@H](OC(C)=O)[C@H]1OC(C)=O. The molecule has 2 aromatic carbocycles. The number of ether oxygens (including phenoxy) is 7. The Bertz CT molecular complexity index is 1370. The lowest BCUT2D eigenvalue weighted by atomic mass is 9.99. The van der Waals surface area contributed by atoms with Crippen molar-refractivity contribution in [3.63, 3.8) is 0 Å². The molecule has 0 spiro atoms. The van der Waals surface area contributed by atoms with Crippen LogP contribution in [0.25, 0.3) is 0 Å². The van der Waals surface area contributed by atoms with E-state index < -0.39 is 78.4 Å². The van der Waals surface area contributed by atoms with E-state index in [9.17, 15) is 28.8 Å². The number of carbonyl (C=O) groups is 6. The predicted molar refractivity (Wildman–Crippen MR) is 164 cm³/mol. The van der Waals surface area contributed by atoms with E-state index in [1.54, 1.807) is 48.5 Å². The van der Waals surface area contributed by atoms with Gasteiger partial charge in [0.1, 0.15) is 37.4 Å². The molecule has 1 saturated heterocycles. The van der Waals surface area contributed by atoms with Crippen LogP contribution in [0.15, 0.2) is 60.7 Å². The Hall–Kier alpha value is -4.63. The minimum atomic E-state index is -1.39. The van der Waals surface area contributed by atoms with Crippen molar-refractivity contribution in [2.24, 2.45) is 0 Å². The standard InChI is InChI=1S/C32H37NO13S/c1-19(34)40-17-26-27(43-20(2)35)28(44-21(3)36)29(45-22(4)37)31(46-26)47-18-25(30(38)41-15-23-11-7-5-8-12-23)33-32(39)42-16-24-13-9-6-10-14-24/h5-14,25-29,31H,15-18H2,1-4H3,(H,33,39)/t25-,26+,27-,28-,29+,31-/m0/s1. The van der Waals surface area contributed by atoms with Crippen molar-refractivity contribution < 1.29 is 61.9 Å². The molecule has 0 bridgehead atoms. The van der Waals surface area contributed by atoms with Crippen LogP contribution < -0.4 is 5.32 Å². The highest BCUT2D eigenvalue weighted by Gasteiger charge is 2.52. The first kappa shape index (κ1) is 36.8. The molecule has 14 nitrogen and oxygen atoms in total. The molecule has 2 aromatic rings. The molecule has 15 heteroatoms. The molecule has 1 aliphatic rings. The van der Waals surface area contributed by atoms with Crippen LogP contribution in [0.3, 0.4) is 0 Å². The Morgan fingerprint density at radius 2 is 1.19 bits per heavy atom. The summed E-state index contributed by atoms with van der Waals surface area (Å²) in [7, 11) is 0. The molecule has 6 atom stereocenters. The van der Waals surface area contributed by atoms with Crippen molar-refractivity contribution in [2.75, 3.05) is 12.4 Å². The summed E-state index contributed by atoms with van der Waals surface area (Å²) < 4.78 is 38.3. The first-order chi connectivity index (χ1) is 22.4. The normalized spacial score (nSPS) is 20.9. The summed E-state index contributed by atoms with van der Waals surface area (Å²) in [6.45, 7) is 3.94. The fourth-order valence-corrected chi connectivity index (χ4v) is 5.64. The van der Waals surface area contributed by atoms with Gasteiger partial charge in [0.15, 0.2) is 18.3 Å². The highest BCUT2D eigenvalue weighted by molar-refractivity contribution is 7.99. The minimum Gasteiger partial charge on any atom is -0.463 e. The van der Waals surface area contributed by atoms with E-state index in [-0.39, 0.29) is 19.0 Å². The number of amides is 1. The molecule has 1 N–H and O–H groups in total. The third kappa shape index (κ3) is 12.6. The largest absolute Gasteiger partial charge is 0.463 e. The average Bonchev–Trinajstić information content (AvgIpc) is 3.02. The Labute approximate surface area is 275 Å². The van der Waals surface area contributed by atoms with E-state index in [0.29, 0.717) is 5.56 Å². The summed E-state index contributed by atoms with van der Waals surface area (Å²) in [4.78, 5) is 73.9. The van der Waals surface area contributed by atoms with E-state index in [0.717, 1.165) is 45.0 Å². The number of rotatable bonds is 14. The zero-order chi connectivity index (χ0) is 34.3. The molecule has 1 heterocycles. The quantitative estimate of drug-likeness (QED) is 0.228. The van der Waals surface area contributed by atoms with Gasteiger partial charge in [-0.1, -0.05) is 60.7 Å². The number of nitrogens with one attached hydrogen (secondary N) is 1. The van der Waals surface area contributed by atoms with E-state index >= 15 is 0 Å². The number of benzene rings is 2. The van der Waals surface area contributed by atoms with Crippen molar-refractivity contribution in [3.8, 4) is 0 Å². The third-order valence-corrected chi connectivity index (χ3v) is 7.62. The van der Waals surface area contributed by atoms with Gasteiger partial charge in [-0.15, -0.1) is 11.8 Å². The number of carbonyl (C=O) groups excluding carboxylic acids is 6. The van der Waals surface area contributed by atoms with Crippen molar-refractivity contribution in [1.82, 2.24) is 5.32 Å². The van der Waals surface area contributed by atoms with Gasteiger partial charge in [-0.3, -0.25) is 19.2 Å². The lowest BCUT2D eigenvalue weighted by Gasteiger charge is -2.44. The lowest BCUT2D eigenvalue weighted by molar-refractivity contribution is -0.237. The maximum absolute atomic E-state index is 13.3. The van der Waals surface area contributed by atoms with Gasteiger partial charge < -0.3 is 38.5 Å². The second-order valence-electron chi connectivity index (χ2n) is 10.3. The summed E-state index contributed by atoms with van der Waals surface area (Å²) in [5.41, 5.74) is 0.249. The van der Waals surface area contributed by atoms with E-state index in [1.165, 1.54) is 0 Å². The molecule has 3 rings (SSSR count). The van der Waals surface area contributed by atoms with Crippen LogP contribution >= 0.6 is 11.8 Å². The van der Waals surface area contributed by atoms with Gasteiger partial charge in [0.05, 0.1) is 0 Å². The molecule has 254 valence electrons. The van der Waals surface area contributed by atoms with Gasteiger partial charge >= 0.3 is 35.9 Å². The minimum absolute atomic E-state index is 0.0642. The van der Waals surface area contributed by atoms with Crippen molar-refractivity contribution in [1.29, 1.82) is 0 Å². The highest BCUT2D eigenvalue weighted by Crippen LogP contribution is 2.35. The maximum atomic E-state index is 13.3. The second kappa shape index (κ2) is 18.5. The first-order valence-corrected chi connectivity index (χ1v) is 15.6. The number of alkyl carbamates (subject to hydrolysis) is 1. The smallest absolute Gasteiger partial charge is 0.408 e. The van der Waals surface area contributed by atoms with E-state index in [1.807, 2.05) is 12.1 Å². The number of hydrogen-bond acceptors (Lipinski definition) is 14. The molecule has 0 unspecified atom stereocenters. The third-order valence-electron chi connectivity index (χ3n) is 6.39. The van der Waals surface area contributed by atoms with Gasteiger partial charge in [0, 0.05) is 33.4 Å². The summed E-state index contributed by atoms with van der Waals surface area (Å²) in [5.74, 6) is -4.00. The van der Waals surface area contributed by atoms with Gasteiger partial charge in [-0.2, -0.15) is 0 Å². The van der Waals surface area contributed by atoms with Gasteiger partial charge in [-0.05, 0) is 11.1 Å². The Morgan fingerprint density at radius 3 is 1.72 bits per heavy atom. The van der Waals surface area contributed by atoms with Crippen LogP contribution in [0.2, 0.25) is 0 Å². The number of thioether (sulfide) groups is 1. The molecule has 0 saturated carbocycles. The average molecular weight is 676 g/mol. The van der Waals surface area contributed by atoms with Gasteiger partial charge in [-0.25, -0.2) is 9.59 Å². The highest BCUT2D eigenvalue weighted by atomic mass is 32.2. The van der Waals surface area contributed by atoms with Crippen LogP contribution in [0.1, 0.15) is 38.8 Å². The molecular formula is C32H37NO13S. The summed E-state index contributed by atoms with van der Waals surface area (Å²) >= 11 is 0.909. The van der Waals surface area contributed by atoms with E-state index in [2.05, 4.69) is 5.32 Å². The van der Waals surface area contributed by atoms with Crippen LogP contribution in [0.5, 0.6) is 0 Å². The van der Waals surface area contributed by atoms with Crippen molar-refractivity contribution >= 4 is 47.7 Å². The molecule has 1 amide bonds. The zero-order valence-electron chi connectivity index (χ0n) is 26.3. The Kier molecular flexibility index (Phi) is 14.5. The maximum Gasteiger partial charge on any atom is 0.408 e. The van der Waals surface area contributed by atoms with Crippen LogP contribution in [0.4, 0.5) is 4.79 Å². The predicted octanol–water partition coefficient (Wildman–Crippen LogP) is 2.84. The summed E-state index contributed by atoms with van der Waals surface area (Å²) in [6, 6.07) is 16.5. The fraction of sp³-hybridized carbons (Fsp3) is 0.438. The lowest BCUT2D eigenvalue weighted by Crippen LogP contribution is -2.61. The van der Waals surface area contributed by atoms with Gasteiger partial charge in [0.25, 0.3) is 0 Å². The van der Waals surface area contributed by atoms with Gasteiger partial charge in [0.2, 0.25) is 0 Å². The zero-order valence-corrected chi connectivity index (χ0v) is 27.1. The molecule has 0 aromatic heterocycles. The summed E-state index contributed by atoms with van der Waals surface area (Å²) in [6.07, 6.45) is -6.17. The summed E-state index contributed by atoms with van der Waals surface area (Å²) in [5, 5.41) is 2.50. The fourth-order valence-electron chi connectivity index (χ4n) is 4.42. The van der Waals surface area contributed by atoms with Crippen LogP contribution in [0, 0.1) is 0 Å². The molecule has 1 aliphatic heterocycles. The van der Waals surface area contributed by atoms with E-state index in [4.69, 9.17) is 33.2 Å². The van der Waals surface area contributed by atoms with Crippen LogP contribution in [-0.4, -0.2) is 84.2 Å². The Morgan fingerprint density at radius 1 is 0.681 bits per heavy atom. The second-order valence-corrected chi connectivity index (χ2v) is 11.4. The molecule has 47 heavy (non-hydrogen) atoms. The Balaban J connectivity index is 1.85. The topological polar surface area (TPSA) is 179 Å². The molecule has 0 aliphatic carbocycles. The molecule has 1 fully saturated rings. The number of esters is 5. The van der Waals surface area contributed by atoms with Crippen molar-refractivity contribution in [3.05, 3.63) is 71.8 Å². The molecular weight excluding hydrogens is 638 g/mol. The monoisotopic (exact) mass is 675 g/mol. The van der Waals surface area contributed by atoms with Crippen molar-refractivity contribution in [2.45, 2.75) is 76.8 Å². The molecule has 0 radical (unpaired) electrons. The first-order valence-electron chi connectivity index (χ1n) is 14.5. The van der Waals surface area contributed by atoms with Crippen LogP contribution in [-0.2, 0) is 70.3 Å².